The number of sulfone groups is 1. The molecule has 0 amide bonds. The third-order valence-corrected chi connectivity index (χ3v) is 7.37. The number of hydrogen-bond acceptors (Lipinski definition) is 4. The van der Waals surface area contributed by atoms with E-state index in [0.717, 1.165) is 4.31 Å². The van der Waals surface area contributed by atoms with Gasteiger partial charge in [0.2, 0.25) is 10.0 Å². The van der Waals surface area contributed by atoms with E-state index in [1.54, 1.807) is 6.07 Å². The average Bonchev–Trinajstić information content (AvgIpc) is 2.38. The van der Waals surface area contributed by atoms with Crippen molar-refractivity contribution in [1.29, 1.82) is 0 Å². The Kier molecular flexibility index (Phi) is 4.66. The number of sulfonamides is 1. The molecule has 9 heteroatoms. The molecule has 1 heterocycles. The van der Waals surface area contributed by atoms with Gasteiger partial charge in [-0.2, -0.15) is 4.31 Å². The van der Waals surface area contributed by atoms with Crippen molar-refractivity contribution in [1.82, 2.24) is 4.31 Å². The van der Waals surface area contributed by atoms with Crippen molar-refractivity contribution in [3.05, 3.63) is 28.8 Å². The number of halogens is 2. The van der Waals surface area contributed by atoms with Gasteiger partial charge in [0.05, 0.1) is 16.5 Å². The van der Waals surface area contributed by atoms with E-state index in [-0.39, 0.29) is 40.4 Å². The summed E-state index contributed by atoms with van der Waals surface area (Å²) in [5.74, 6) is -0.161. The van der Waals surface area contributed by atoms with Gasteiger partial charge >= 0.3 is 0 Å². The summed E-state index contributed by atoms with van der Waals surface area (Å²) in [5, 5.41) is 0.104. The number of alkyl halides is 1. The minimum absolute atomic E-state index is 0.0309. The zero-order valence-electron chi connectivity index (χ0n) is 10.4. The van der Waals surface area contributed by atoms with Crippen molar-refractivity contribution in [2.24, 2.45) is 0 Å². The van der Waals surface area contributed by atoms with Crippen LogP contribution in [-0.2, 0) is 25.7 Å². The van der Waals surface area contributed by atoms with Crippen molar-refractivity contribution in [3.63, 3.8) is 0 Å². The summed E-state index contributed by atoms with van der Waals surface area (Å²) in [7, 11) is -6.94. The molecule has 0 bridgehead atoms. The molecule has 0 atom stereocenters. The molecule has 0 N–H and O–H groups in total. The average molecular weight is 358 g/mol. The Morgan fingerprint density at radius 1 is 1.20 bits per heavy atom. The van der Waals surface area contributed by atoms with E-state index in [1.165, 1.54) is 12.1 Å². The Hall–Kier alpha value is -0.340. The zero-order chi connectivity index (χ0) is 15.0. The molecule has 20 heavy (non-hydrogen) atoms. The number of hydrogen-bond donors (Lipinski definition) is 0. The lowest BCUT2D eigenvalue weighted by Gasteiger charge is -2.26. The predicted octanol–water partition coefficient (Wildman–Crippen LogP) is 1.50. The lowest BCUT2D eigenvalue weighted by molar-refractivity contribution is 0.431. The highest BCUT2D eigenvalue weighted by atomic mass is 35.5. The van der Waals surface area contributed by atoms with E-state index in [9.17, 15) is 16.8 Å². The Bertz CT molecular complexity index is 702. The zero-order valence-corrected chi connectivity index (χ0v) is 13.6. The Morgan fingerprint density at radius 3 is 2.35 bits per heavy atom. The molecule has 0 unspecified atom stereocenters. The minimum Gasteiger partial charge on any atom is -0.229 e. The molecule has 5 nitrogen and oxygen atoms in total. The second-order valence-corrected chi connectivity index (χ2v) is 9.34. The van der Waals surface area contributed by atoms with Gasteiger partial charge in [-0.15, -0.1) is 11.6 Å². The fraction of sp³-hybridized carbons (Fsp3) is 0.455. The van der Waals surface area contributed by atoms with Gasteiger partial charge in [-0.3, -0.25) is 0 Å². The minimum atomic E-state index is -3.80. The summed E-state index contributed by atoms with van der Waals surface area (Å²) in [5.41, 5.74) is 0.638. The van der Waals surface area contributed by atoms with E-state index in [4.69, 9.17) is 23.2 Å². The number of rotatable bonds is 3. The molecule has 112 valence electrons. The maximum atomic E-state index is 12.5. The van der Waals surface area contributed by atoms with E-state index < -0.39 is 19.9 Å². The monoisotopic (exact) mass is 357 g/mol. The molecule has 0 spiro atoms. The fourth-order valence-corrected chi connectivity index (χ4v) is 5.47. The first-order chi connectivity index (χ1) is 9.26. The van der Waals surface area contributed by atoms with Gasteiger partial charge in [0.25, 0.3) is 0 Å². The molecular formula is C11H13Cl2NO4S2. The van der Waals surface area contributed by atoms with Gasteiger partial charge in [0.15, 0.2) is 9.84 Å². The quantitative estimate of drug-likeness (QED) is 0.768. The molecule has 0 saturated carbocycles. The second-order valence-electron chi connectivity index (χ2n) is 4.45. The fourth-order valence-electron chi connectivity index (χ4n) is 1.90. The lowest BCUT2D eigenvalue weighted by atomic mass is 10.2. The van der Waals surface area contributed by atoms with Crippen LogP contribution in [0.4, 0.5) is 0 Å². The molecular weight excluding hydrogens is 345 g/mol. The Morgan fingerprint density at radius 2 is 1.80 bits per heavy atom. The number of benzene rings is 1. The van der Waals surface area contributed by atoms with Crippen LogP contribution >= 0.6 is 23.2 Å². The Balaban J connectivity index is 2.36. The third-order valence-electron chi connectivity index (χ3n) is 3.07. The van der Waals surface area contributed by atoms with Crippen LogP contribution < -0.4 is 0 Å². The van der Waals surface area contributed by atoms with E-state index in [0.29, 0.717) is 5.56 Å². The molecule has 0 radical (unpaired) electrons. The first-order valence-electron chi connectivity index (χ1n) is 5.81. The highest BCUT2D eigenvalue weighted by Gasteiger charge is 2.32. The summed E-state index contributed by atoms with van der Waals surface area (Å²) in [4.78, 5) is -0.0309. The molecule has 1 saturated heterocycles. The summed E-state index contributed by atoms with van der Waals surface area (Å²) >= 11 is 11.6. The maximum Gasteiger partial charge on any atom is 0.244 e. The predicted molar refractivity (Wildman–Crippen MR) is 78.4 cm³/mol. The molecule has 1 fully saturated rings. The van der Waals surface area contributed by atoms with Gasteiger partial charge < -0.3 is 0 Å². The van der Waals surface area contributed by atoms with E-state index in [2.05, 4.69) is 0 Å². The van der Waals surface area contributed by atoms with Gasteiger partial charge in [0.1, 0.15) is 4.90 Å². The summed E-state index contributed by atoms with van der Waals surface area (Å²) in [6, 6.07) is 4.55. The molecule has 1 aliphatic heterocycles. The summed E-state index contributed by atoms with van der Waals surface area (Å²) < 4.78 is 48.9. The van der Waals surface area contributed by atoms with Crippen LogP contribution in [0.2, 0.25) is 5.02 Å². The molecule has 0 aliphatic carbocycles. The first-order valence-corrected chi connectivity index (χ1v) is 9.98. The maximum absolute atomic E-state index is 12.5. The van der Waals surface area contributed by atoms with E-state index in [1.807, 2.05) is 0 Å². The molecule has 2 rings (SSSR count). The summed E-state index contributed by atoms with van der Waals surface area (Å²) in [6.07, 6.45) is 0. The number of nitrogens with zero attached hydrogens (tertiary/aromatic N) is 1. The topological polar surface area (TPSA) is 71.5 Å². The van der Waals surface area contributed by atoms with Crippen LogP contribution in [0.25, 0.3) is 0 Å². The van der Waals surface area contributed by atoms with Crippen molar-refractivity contribution in [2.45, 2.75) is 10.8 Å². The summed E-state index contributed by atoms with van der Waals surface area (Å²) in [6.45, 7) is -0.0990. The molecule has 1 aliphatic rings. The van der Waals surface area contributed by atoms with Gasteiger partial charge in [0, 0.05) is 19.0 Å². The van der Waals surface area contributed by atoms with Crippen LogP contribution in [0.1, 0.15) is 5.56 Å². The first kappa shape index (κ1) is 16.0. The van der Waals surface area contributed by atoms with Crippen molar-refractivity contribution in [3.8, 4) is 0 Å². The van der Waals surface area contributed by atoms with Crippen LogP contribution in [0.15, 0.2) is 23.1 Å². The van der Waals surface area contributed by atoms with Crippen molar-refractivity contribution in [2.75, 3.05) is 24.6 Å². The highest BCUT2D eigenvalue weighted by molar-refractivity contribution is 7.92. The van der Waals surface area contributed by atoms with Gasteiger partial charge in [-0.1, -0.05) is 17.7 Å². The van der Waals surface area contributed by atoms with Crippen LogP contribution in [0.3, 0.4) is 0 Å². The second kappa shape index (κ2) is 5.81. The molecule has 1 aromatic carbocycles. The van der Waals surface area contributed by atoms with Crippen LogP contribution in [0, 0.1) is 0 Å². The highest BCUT2D eigenvalue weighted by Crippen LogP contribution is 2.27. The van der Waals surface area contributed by atoms with Crippen LogP contribution in [-0.4, -0.2) is 45.7 Å². The SMILES string of the molecule is O=S1(=O)CCN(S(=O)(=O)c2cc(CCl)ccc2Cl)CC1. The molecule has 1 aromatic rings. The van der Waals surface area contributed by atoms with Gasteiger partial charge in [-0.05, 0) is 17.7 Å². The van der Waals surface area contributed by atoms with Gasteiger partial charge in [-0.25, -0.2) is 16.8 Å². The van der Waals surface area contributed by atoms with Crippen molar-refractivity contribution >= 4 is 43.1 Å². The Labute approximate surface area is 128 Å². The van der Waals surface area contributed by atoms with Crippen LogP contribution in [0.5, 0.6) is 0 Å². The standard InChI is InChI=1S/C11H13Cl2NO4S2/c12-8-9-1-2-10(13)11(7-9)20(17,18)14-3-5-19(15,16)6-4-14/h1-2,7H,3-6,8H2. The normalized spacial score (nSPS) is 19.9. The molecule has 0 aromatic heterocycles. The largest absolute Gasteiger partial charge is 0.244 e. The van der Waals surface area contributed by atoms with E-state index >= 15 is 0 Å². The lowest BCUT2D eigenvalue weighted by Crippen LogP contribution is -2.43. The van der Waals surface area contributed by atoms with Crippen molar-refractivity contribution < 1.29 is 16.8 Å². The third kappa shape index (κ3) is 3.28. The smallest absolute Gasteiger partial charge is 0.229 e.